The molecule has 1 saturated heterocycles. The number of hydrogen-bond acceptors (Lipinski definition) is 3. The summed E-state index contributed by atoms with van der Waals surface area (Å²) in [5.74, 6) is -1.87. The highest BCUT2D eigenvalue weighted by atomic mass is 19.4. The average molecular weight is 398 g/mol. The molecule has 1 fully saturated rings. The molecule has 1 aromatic carbocycles. The Kier molecular flexibility index (Phi) is 5.39. The fourth-order valence-corrected chi connectivity index (χ4v) is 3.12. The van der Waals surface area contributed by atoms with Crippen LogP contribution in [0.15, 0.2) is 35.1 Å². The smallest absolute Gasteiger partial charge is 0.339 e. The maximum Gasteiger partial charge on any atom is 0.451 e. The van der Waals surface area contributed by atoms with Gasteiger partial charge in [0.1, 0.15) is 5.82 Å². The monoisotopic (exact) mass is 398 g/mol. The van der Waals surface area contributed by atoms with Crippen LogP contribution in [0.3, 0.4) is 0 Å². The highest BCUT2D eigenvalue weighted by Gasteiger charge is 2.39. The van der Waals surface area contributed by atoms with E-state index >= 15 is 0 Å². The summed E-state index contributed by atoms with van der Waals surface area (Å²) in [5, 5.41) is 3.45. The molecular formula is C18H18F4N4O2. The first-order valence-electron chi connectivity index (χ1n) is 8.62. The lowest BCUT2D eigenvalue weighted by Gasteiger charge is -2.30. The minimum Gasteiger partial charge on any atom is -0.339 e. The number of halogens is 4. The van der Waals surface area contributed by atoms with E-state index in [0.717, 1.165) is 11.7 Å². The lowest BCUT2D eigenvalue weighted by Crippen LogP contribution is -2.40. The number of carbonyl (C=O) groups is 1. The number of aromatic nitrogens is 3. The molecule has 1 amide bonds. The van der Waals surface area contributed by atoms with Crippen molar-refractivity contribution in [2.24, 2.45) is 7.05 Å². The van der Waals surface area contributed by atoms with Crippen LogP contribution >= 0.6 is 0 Å². The first-order chi connectivity index (χ1) is 13.2. The van der Waals surface area contributed by atoms with Crippen LogP contribution in [0, 0.1) is 5.82 Å². The van der Waals surface area contributed by atoms with Crippen LogP contribution in [0.1, 0.15) is 30.3 Å². The minimum absolute atomic E-state index is 0.257. The molecule has 150 valence electrons. The largest absolute Gasteiger partial charge is 0.451 e. The van der Waals surface area contributed by atoms with Gasteiger partial charge in [0.15, 0.2) is 0 Å². The number of benzene rings is 1. The molecule has 10 heteroatoms. The molecule has 2 aromatic rings. The van der Waals surface area contributed by atoms with Crippen molar-refractivity contribution in [2.75, 3.05) is 13.1 Å². The van der Waals surface area contributed by atoms with Crippen molar-refractivity contribution >= 4 is 12.0 Å². The van der Waals surface area contributed by atoms with Gasteiger partial charge in [-0.1, -0.05) is 12.1 Å². The lowest BCUT2D eigenvalue weighted by molar-refractivity contribution is -0.147. The third-order valence-corrected chi connectivity index (χ3v) is 4.67. The van der Waals surface area contributed by atoms with Crippen molar-refractivity contribution in [3.05, 3.63) is 58.0 Å². The first kappa shape index (κ1) is 19.8. The molecule has 0 bridgehead atoms. The summed E-state index contributed by atoms with van der Waals surface area (Å²) in [6.07, 6.45) is -1.13. The third-order valence-electron chi connectivity index (χ3n) is 4.67. The Labute approximate surface area is 157 Å². The van der Waals surface area contributed by atoms with E-state index in [0.29, 0.717) is 36.1 Å². The van der Waals surface area contributed by atoms with Gasteiger partial charge in [0.25, 0.3) is 0 Å². The second-order valence-corrected chi connectivity index (χ2v) is 6.55. The van der Waals surface area contributed by atoms with Gasteiger partial charge in [0.05, 0.1) is 6.04 Å². The summed E-state index contributed by atoms with van der Waals surface area (Å²) in [6, 6.07) is 5.15. The number of carbonyl (C=O) groups excluding carboxylic acids is 1. The van der Waals surface area contributed by atoms with Crippen LogP contribution in [-0.4, -0.2) is 38.2 Å². The Morgan fingerprint density at radius 1 is 1.18 bits per heavy atom. The topological polar surface area (TPSA) is 60.1 Å². The predicted octanol–water partition coefficient (Wildman–Crippen LogP) is 2.62. The Bertz CT molecular complexity index is 936. The number of alkyl halides is 3. The molecule has 6 nitrogen and oxygen atoms in total. The molecule has 0 spiro atoms. The molecule has 28 heavy (non-hydrogen) atoms. The first-order valence-corrected chi connectivity index (χ1v) is 8.62. The summed E-state index contributed by atoms with van der Waals surface area (Å²) >= 11 is 0. The molecular weight excluding hydrogens is 380 g/mol. The lowest BCUT2D eigenvalue weighted by atomic mass is 10.1. The Morgan fingerprint density at radius 2 is 1.79 bits per heavy atom. The van der Waals surface area contributed by atoms with Crippen molar-refractivity contribution < 1.29 is 22.4 Å². The molecule has 2 heterocycles. The molecule has 0 saturated carbocycles. The zero-order valence-corrected chi connectivity index (χ0v) is 15.0. The molecule has 0 unspecified atom stereocenters. The summed E-state index contributed by atoms with van der Waals surface area (Å²) in [7, 11) is 1.04. The van der Waals surface area contributed by atoms with E-state index in [-0.39, 0.29) is 11.7 Å². The summed E-state index contributed by atoms with van der Waals surface area (Å²) < 4.78 is 53.0. The van der Waals surface area contributed by atoms with Gasteiger partial charge in [0, 0.05) is 26.2 Å². The Hall–Kier alpha value is -2.91. The molecule has 0 atom stereocenters. The minimum atomic E-state index is -4.71. The van der Waals surface area contributed by atoms with E-state index in [1.807, 2.05) is 0 Å². The van der Waals surface area contributed by atoms with Crippen molar-refractivity contribution in [3.63, 3.8) is 0 Å². The second-order valence-electron chi connectivity index (χ2n) is 6.55. The van der Waals surface area contributed by atoms with Crippen molar-refractivity contribution in [1.29, 1.82) is 0 Å². The van der Waals surface area contributed by atoms with Crippen molar-refractivity contribution in [2.45, 2.75) is 25.1 Å². The van der Waals surface area contributed by atoms with E-state index in [1.54, 1.807) is 11.0 Å². The fourth-order valence-electron chi connectivity index (χ4n) is 3.12. The van der Waals surface area contributed by atoms with Crippen LogP contribution in [0.4, 0.5) is 17.6 Å². The van der Waals surface area contributed by atoms with Gasteiger partial charge in [-0.05, 0) is 36.6 Å². The SMILES string of the molecule is Cn1c(C(F)(F)F)nn(C2CCN(C(=O)/C=C/c3ccc(F)cc3)CC2)c1=O. The van der Waals surface area contributed by atoms with E-state index in [2.05, 4.69) is 5.10 Å². The molecule has 1 aliphatic heterocycles. The summed E-state index contributed by atoms with van der Waals surface area (Å²) in [4.78, 5) is 25.9. The maximum absolute atomic E-state index is 12.9. The molecule has 0 aliphatic carbocycles. The number of nitrogens with zero attached hydrogens (tertiary/aromatic N) is 4. The summed E-state index contributed by atoms with van der Waals surface area (Å²) in [5.41, 5.74) is -0.155. The van der Waals surface area contributed by atoms with Crippen LogP contribution in [-0.2, 0) is 18.0 Å². The fraction of sp³-hybridized carbons (Fsp3) is 0.389. The molecule has 1 aliphatic rings. The van der Waals surface area contributed by atoms with E-state index in [1.165, 1.54) is 30.3 Å². The zero-order chi connectivity index (χ0) is 20.5. The maximum atomic E-state index is 12.9. The number of rotatable bonds is 3. The molecule has 1 aromatic heterocycles. The molecule has 0 radical (unpaired) electrons. The van der Waals surface area contributed by atoms with Crippen LogP contribution in [0.25, 0.3) is 6.08 Å². The Balaban J connectivity index is 1.64. The van der Waals surface area contributed by atoms with Crippen LogP contribution < -0.4 is 5.69 Å². The van der Waals surface area contributed by atoms with E-state index < -0.39 is 23.7 Å². The van der Waals surface area contributed by atoms with E-state index in [4.69, 9.17) is 0 Å². The van der Waals surface area contributed by atoms with Gasteiger partial charge >= 0.3 is 11.9 Å². The third kappa shape index (κ3) is 4.15. The molecule has 0 N–H and O–H groups in total. The van der Waals surface area contributed by atoms with Gasteiger partial charge in [-0.15, -0.1) is 5.10 Å². The molecule has 3 rings (SSSR count). The zero-order valence-electron chi connectivity index (χ0n) is 15.0. The summed E-state index contributed by atoms with van der Waals surface area (Å²) in [6.45, 7) is 0.587. The highest BCUT2D eigenvalue weighted by Crippen LogP contribution is 2.28. The highest BCUT2D eigenvalue weighted by molar-refractivity contribution is 5.91. The number of piperidine rings is 1. The second kappa shape index (κ2) is 7.61. The Morgan fingerprint density at radius 3 is 2.32 bits per heavy atom. The van der Waals surface area contributed by atoms with E-state index in [9.17, 15) is 27.2 Å². The van der Waals surface area contributed by atoms with Gasteiger partial charge in [-0.25, -0.2) is 13.9 Å². The quantitative estimate of drug-likeness (QED) is 0.590. The van der Waals surface area contributed by atoms with Crippen LogP contribution in [0.5, 0.6) is 0 Å². The normalized spacial score (nSPS) is 16.1. The average Bonchev–Trinajstić information content (AvgIpc) is 2.96. The van der Waals surface area contributed by atoms with Crippen LogP contribution in [0.2, 0.25) is 0 Å². The van der Waals surface area contributed by atoms with Gasteiger partial charge in [-0.2, -0.15) is 13.2 Å². The standard InChI is InChI=1S/C18H18F4N4O2/c1-24-16(18(20,21)22)23-26(17(24)28)14-8-10-25(11-9-14)15(27)7-4-12-2-5-13(19)6-3-12/h2-7,14H,8-11H2,1H3/b7-4+. The number of likely N-dealkylation sites (tertiary alicyclic amines) is 1. The van der Waals surface area contributed by atoms with Gasteiger partial charge in [-0.3, -0.25) is 9.36 Å². The van der Waals surface area contributed by atoms with Gasteiger partial charge in [0.2, 0.25) is 11.7 Å². The van der Waals surface area contributed by atoms with Crippen molar-refractivity contribution in [1.82, 2.24) is 19.2 Å². The predicted molar refractivity (Wildman–Crippen MR) is 92.8 cm³/mol. The number of hydrogen-bond donors (Lipinski definition) is 0. The number of amides is 1. The van der Waals surface area contributed by atoms with Gasteiger partial charge < -0.3 is 4.90 Å². The van der Waals surface area contributed by atoms with Crippen molar-refractivity contribution in [3.8, 4) is 0 Å².